The van der Waals surface area contributed by atoms with Crippen molar-refractivity contribution in [2.75, 3.05) is 5.32 Å². The number of benzene rings is 1. The third kappa shape index (κ3) is 2.95. The molecule has 0 saturated carbocycles. The summed E-state index contributed by atoms with van der Waals surface area (Å²) in [5.74, 6) is 0.434. The molecule has 22 heavy (non-hydrogen) atoms. The summed E-state index contributed by atoms with van der Waals surface area (Å²) in [5.41, 5.74) is 2.98. The van der Waals surface area contributed by atoms with E-state index >= 15 is 0 Å². The van der Waals surface area contributed by atoms with Crippen LogP contribution in [0, 0.1) is 19.7 Å². The maximum Gasteiger partial charge on any atom is 0.148 e. The second-order valence-corrected chi connectivity index (χ2v) is 5.05. The van der Waals surface area contributed by atoms with Crippen LogP contribution in [0.4, 0.5) is 10.2 Å². The lowest BCUT2D eigenvalue weighted by Gasteiger charge is -2.10. The van der Waals surface area contributed by atoms with Crippen molar-refractivity contribution >= 4 is 5.82 Å². The molecule has 0 unspecified atom stereocenters. The fraction of sp³-hybridized carbons (Fsp3) is 0.188. The Hall–Kier alpha value is -2.76. The van der Waals surface area contributed by atoms with Crippen molar-refractivity contribution in [3.8, 4) is 5.69 Å². The van der Waals surface area contributed by atoms with E-state index in [1.807, 2.05) is 19.9 Å². The van der Waals surface area contributed by atoms with Gasteiger partial charge in [0.2, 0.25) is 0 Å². The molecule has 0 spiro atoms. The molecular weight excluding hydrogens is 281 g/mol. The fourth-order valence-electron chi connectivity index (χ4n) is 2.16. The molecular formula is C16H16FN5. The van der Waals surface area contributed by atoms with Crippen LogP contribution in [0.15, 0.2) is 43.1 Å². The summed E-state index contributed by atoms with van der Waals surface area (Å²) >= 11 is 0. The van der Waals surface area contributed by atoms with E-state index < -0.39 is 0 Å². The third-order valence-corrected chi connectivity index (χ3v) is 3.33. The molecule has 2 aromatic heterocycles. The highest BCUT2D eigenvalue weighted by Gasteiger charge is 2.06. The minimum absolute atomic E-state index is 0.288. The Labute approximate surface area is 127 Å². The summed E-state index contributed by atoms with van der Waals surface area (Å²) in [6, 6.07) is 5.13. The average molecular weight is 297 g/mol. The van der Waals surface area contributed by atoms with E-state index in [1.54, 1.807) is 35.6 Å². The molecule has 2 heterocycles. The fourth-order valence-corrected chi connectivity index (χ4v) is 2.16. The van der Waals surface area contributed by atoms with E-state index in [9.17, 15) is 4.39 Å². The number of aromatic nitrogens is 4. The van der Waals surface area contributed by atoms with E-state index in [0.29, 0.717) is 12.2 Å². The van der Waals surface area contributed by atoms with Gasteiger partial charge in [-0.3, -0.25) is 4.98 Å². The molecule has 3 aromatic rings. The monoisotopic (exact) mass is 297 g/mol. The molecule has 0 fully saturated rings. The van der Waals surface area contributed by atoms with E-state index in [1.165, 1.54) is 6.07 Å². The van der Waals surface area contributed by atoms with Gasteiger partial charge in [-0.25, -0.2) is 14.4 Å². The molecule has 0 amide bonds. The van der Waals surface area contributed by atoms with Crippen LogP contribution in [0.25, 0.3) is 5.69 Å². The van der Waals surface area contributed by atoms with Crippen LogP contribution >= 0.6 is 0 Å². The van der Waals surface area contributed by atoms with Gasteiger partial charge in [-0.1, -0.05) is 6.07 Å². The van der Waals surface area contributed by atoms with Gasteiger partial charge in [0.15, 0.2) is 0 Å². The van der Waals surface area contributed by atoms with Crippen LogP contribution in [0.3, 0.4) is 0 Å². The first-order valence-electron chi connectivity index (χ1n) is 6.94. The number of nitrogens with zero attached hydrogens (tertiary/aromatic N) is 4. The van der Waals surface area contributed by atoms with Gasteiger partial charge in [0.05, 0.1) is 23.4 Å². The zero-order valence-corrected chi connectivity index (χ0v) is 12.4. The summed E-state index contributed by atoms with van der Waals surface area (Å²) in [6.07, 6.45) is 6.62. The largest absolute Gasteiger partial charge is 0.364 e. The van der Waals surface area contributed by atoms with Crippen LogP contribution in [0.1, 0.15) is 17.0 Å². The molecule has 5 nitrogen and oxygen atoms in total. The van der Waals surface area contributed by atoms with E-state index in [-0.39, 0.29) is 5.82 Å². The van der Waals surface area contributed by atoms with Gasteiger partial charge in [-0.15, -0.1) is 0 Å². The first-order chi connectivity index (χ1) is 10.6. The molecule has 0 aliphatic rings. The van der Waals surface area contributed by atoms with Gasteiger partial charge >= 0.3 is 0 Å². The van der Waals surface area contributed by atoms with Crippen LogP contribution in [-0.2, 0) is 6.54 Å². The predicted molar refractivity (Wildman–Crippen MR) is 82.4 cm³/mol. The highest BCUT2D eigenvalue weighted by molar-refractivity contribution is 5.42. The first kappa shape index (κ1) is 14.2. The second-order valence-electron chi connectivity index (χ2n) is 5.05. The summed E-state index contributed by atoms with van der Waals surface area (Å²) in [5, 5.41) is 3.19. The number of halogens is 1. The molecule has 0 saturated heterocycles. The highest BCUT2D eigenvalue weighted by atomic mass is 19.1. The number of aryl methyl sites for hydroxylation is 2. The molecule has 1 N–H and O–H groups in total. The standard InChI is InChI=1S/C16H16FN5/c1-11-8-19-12(2)16(21-11)20-9-13-3-4-15(14(17)7-13)22-6-5-18-10-22/h3-8,10H,9H2,1-2H3,(H,20,21). The van der Waals surface area contributed by atoms with Crippen molar-refractivity contribution in [2.45, 2.75) is 20.4 Å². The summed E-state index contributed by atoms with van der Waals surface area (Å²) < 4.78 is 15.8. The number of nitrogens with one attached hydrogen (secondary N) is 1. The second kappa shape index (κ2) is 5.93. The van der Waals surface area contributed by atoms with Crippen molar-refractivity contribution in [3.05, 3.63) is 65.9 Å². The summed E-state index contributed by atoms with van der Waals surface area (Å²) in [6.45, 7) is 4.26. The molecule has 3 rings (SSSR count). The van der Waals surface area contributed by atoms with Gasteiger partial charge in [0.1, 0.15) is 11.6 Å². The van der Waals surface area contributed by atoms with Crippen LogP contribution in [-0.4, -0.2) is 19.5 Å². The number of anilines is 1. The lowest BCUT2D eigenvalue weighted by atomic mass is 10.2. The highest BCUT2D eigenvalue weighted by Crippen LogP contribution is 2.16. The van der Waals surface area contributed by atoms with Gasteiger partial charge < -0.3 is 9.88 Å². The molecule has 1 aromatic carbocycles. The first-order valence-corrected chi connectivity index (χ1v) is 6.94. The van der Waals surface area contributed by atoms with Crippen molar-refractivity contribution in [1.82, 2.24) is 19.5 Å². The van der Waals surface area contributed by atoms with Gasteiger partial charge in [0, 0.05) is 25.1 Å². The topological polar surface area (TPSA) is 55.6 Å². The van der Waals surface area contributed by atoms with Crippen molar-refractivity contribution in [2.24, 2.45) is 0 Å². The quantitative estimate of drug-likeness (QED) is 0.804. The van der Waals surface area contributed by atoms with Gasteiger partial charge in [-0.05, 0) is 31.5 Å². The predicted octanol–water partition coefficient (Wildman–Crippen LogP) is 3.03. The Morgan fingerprint density at radius 1 is 1.27 bits per heavy atom. The lowest BCUT2D eigenvalue weighted by molar-refractivity contribution is 0.616. The number of rotatable bonds is 4. The number of hydrogen-bond acceptors (Lipinski definition) is 4. The van der Waals surface area contributed by atoms with E-state index in [0.717, 1.165) is 22.8 Å². The molecule has 112 valence electrons. The molecule has 0 aliphatic heterocycles. The van der Waals surface area contributed by atoms with Crippen molar-refractivity contribution < 1.29 is 4.39 Å². The maximum atomic E-state index is 14.2. The molecule has 0 radical (unpaired) electrons. The minimum atomic E-state index is -0.288. The summed E-state index contributed by atoms with van der Waals surface area (Å²) in [7, 11) is 0. The number of hydrogen-bond donors (Lipinski definition) is 1. The van der Waals surface area contributed by atoms with Gasteiger partial charge in [-0.2, -0.15) is 0 Å². The minimum Gasteiger partial charge on any atom is -0.364 e. The van der Waals surface area contributed by atoms with Crippen LogP contribution in [0.5, 0.6) is 0 Å². The zero-order valence-electron chi connectivity index (χ0n) is 12.4. The van der Waals surface area contributed by atoms with Crippen LogP contribution < -0.4 is 5.32 Å². The SMILES string of the molecule is Cc1cnc(C)c(NCc2ccc(-n3ccnc3)c(F)c2)n1. The normalized spacial score (nSPS) is 10.7. The van der Waals surface area contributed by atoms with Crippen LogP contribution in [0.2, 0.25) is 0 Å². The number of imidazole rings is 1. The Morgan fingerprint density at radius 3 is 2.86 bits per heavy atom. The van der Waals surface area contributed by atoms with Gasteiger partial charge in [0.25, 0.3) is 0 Å². The van der Waals surface area contributed by atoms with E-state index in [4.69, 9.17) is 0 Å². The summed E-state index contributed by atoms with van der Waals surface area (Å²) in [4.78, 5) is 12.6. The Kier molecular flexibility index (Phi) is 3.82. The molecule has 0 atom stereocenters. The Morgan fingerprint density at radius 2 is 2.14 bits per heavy atom. The Bertz CT molecular complexity index is 783. The smallest absolute Gasteiger partial charge is 0.148 e. The van der Waals surface area contributed by atoms with E-state index in [2.05, 4.69) is 20.3 Å². The van der Waals surface area contributed by atoms with Crippen molar-refractivity contribution in [3.63, 3.8) is 0 Å². The Balaban J connectivity index is 1.76. The maximum absolute atomic E-state index is 14.2. The third-order valence-electron chi connectivity index (χ3n) is 3.33. The molecule has 0 bridgehead atoms. The molecule has 0 aliphatic carbocycles. The van der Waals surface area contributed by atoms with Crippen molar-refractivity contribution in [1.29, 1.82) is 0 Å². The zero-order chi connectivity index (χ0) is 15.5. The average Bonchev–Trinajstić information content (AvgIpc) is 3.02. The lowest BCUT2D eigenvalue weighted by Crippen LogP contribution is -2.06. The molecule has 6 heteroatoms.